The number of Topliss-reactive ketones (excluding diaryl/α,β-unsaturated/α-hetero) is 1. The summed E-state index contributed by atoms with van der Waals surface area (Å²) in [6.45, 7) is 3.27. The molecule has 0 spiro atoms. The summed E-state index contributed by atoms with van der Waals surface area (Å²) in [6, 6.07) is 12.7. The van der Waals surface area contributed by atoms with Crippen LogP contribution in [-0.4, -0.2) is 15.3 Å². The topological polar surface area (TPSA) is 52.0 Å². The molecule has 0 radical (unpaired) electrons. The normalized spacial score (nSPS) is 10.8. The molecule has 2 heterocycles. The molecule has 0 aliphatic carbocycles. The van der Waals surface area contributed by atoms with Gasteiger partial charge in [-0.05, 0) is 38.1 Å². The minimum Gasteiger partial charge on any atom is -0.294 e. The van der Waals surface area contributed by atoms with E-state index in [1.807, 2.05) is 30.3 Å². The van der Waals surface area contributed by atoms with Gasteiger partial charge in [0.25, 0.3) is 5.56 Å². The highest BCUT2D eigenvalue weighted by molar-refractivity contribution is 6.06. The van der Waals surface area contributed by atoms with Gasteiger partial charge in [0, 0.05) is 17.6 Å². The van der Waals surface area contributed by atoms with Crippen molar-refractivity contribution in [2.75, 3.05) is 0 Å². The number of hydrogen-bond donors (Lipinski definition) is 0. The van der Waals surface area contributed by atoms with E-state index in [-0.39, 0.29) is 11.3 Å². The second-order valence-electron chi connectivity index (χ2n) is 4.89. The van der Waals surface area contributed by atoms with Gasteiger partial charge in [0.2, 0.25) is 0 Å². The Balaban J connectivity index is 2.52. The molecule has 0 aliphatic heterocycles. The van der Waals surface area contributed by atoms with E-state index in [2.05, 4.69) is 4.98 Å². The van der Waals surface area contributed by atoms with Gasteiger partial charge in [-0.3, -0.25) is 19.1 Å². The Morgan fingerprint density at radius 1 is 1.10 bits per heavy atom. The van der Waals surface area contributed by atoms with Gasteiger partial charge >= 0.3 is 0 Å². The molecular formula is C17H14N2O2. The Morgan fingerprint density at radius 2 is 1.81 bits per heavy atom. The molecule has 104 valence electrons. The van der Waals surface area contributed by atoms with E-state index in [1.165, 1.54) is 6.92 Å². The number of benzene rings is 1. The van der Waals surface area contributed by atoms with E-state index in [0.29, 0.717) is 22.2 Å². The smallest absolute Gasteiger partial charge is 0.264 e. The lowest BCUT2D eigenvalue weighted by Crippen LogP contribution is -2.24. The maximum atomic E-state index is 12.7. The molecule has 0 saturated heterocycles. The van der Waals surface area contributed by atoms with E-state index in [0.717, 1.165) is 5.69 Å². The van der Waals surface area contributed by atoms with Crippen molar-refractivity contribution in [2.24, 2.45) is 0 Å². The van der Waals surface area contributed by atoms with Crippen LogP contribution < -0.4 is 5.56 Å². The molecule has 0 saturated carbocycles. The van der Waals surface area contributed by atoms with Crippen LogP contribution in [0.5, 0.6) is 0 Å². The largest absolute Gasteiger partial charge is 0.294 e. The van der Waals surface area contributed by atoms with Gasteiger partial charge in [-0.2, -0.15) is 0 Å². The van der Waals surface area contributed by atoms with Crippen LogP contribution in [0, 0.1) is 6.92 Å². The van der Waals surface area contributed by atoms with Crippen molar-refractivity contribution in [1.29, 1.82) is 0 Å². The van der Waals surface area contributed by atoms with Crippen molar-refractivity contribution < 1.29 is 4.79 Å². The van der Waals surface area contributed by atoms with Crippen LogP contribution in [0.25, 0.3) is 16.6 Å². The van der Waals surface area contributed by atoms with Gasteiger partial charge in [-0.15, -0.1) is 0 Å². The summed E-state index contributed by atoms with van der Waals surface area (Å²) < 4.78 is 1.57. The number of rotatable bonds is 2. The minimum absolute atomic E-state index is 0.0964. The number of pyridine rings is 2. The first kappa shape index (κ1) is 13.2. The number of ketones is 1. The average Bonchev–Trinajstić information content (AvgIpc) is 2.48. The fourth-order valence-electron chi connectivity index (χ4n) is 2.64. The van der Waals surface area contributed by atoms with Crippen molar-refractivity contribution >= 4 is 16.7 Å². The molecule has 0 amide bonds. The number of nitrogens with zero attached hydrogens (tertiary/aromatic N) is 2. The third kappa shape index (κ3) is 2.05. The molecule has 3 rings (SSSR count). The highest BCUT2D eigenvalue weighted by atomic mass is 16.1. The molecule has 0 unspecified atom stereocenters. The number of carbonyl (C=O) groups is 1. The SMILES string of the molecule is CC(=O)c1c(C)n(-c2ccccc2)c(=O)c2cccnc12. The lowest BCUT2D eigenvalue weighted by molar-refractivity contribution is 0.101. The van der Waals surface area contributed by atoms with E-state index >= 15 is 0 Å². The predicted octanol–water partition coefficient (Wildman–Crippen LogP) is 2.90. The van der Waals surface area contributed by atoms with Crippen molar-refractivity contribution in [2.45, 2.75) is 13.8 Å². The lowest BCUT2D eigenvalue weighted by atomic mass is 10.1. The molecule has 1 aromatic carbocycles. The Bertz CT molecular complexity index is 896. The second-order valence-corrected chi connectivity index (χ2v) is 4.89. The molecule has 4 heteroatoms. The van der Waals surface area contributed by atoms with Crippen molar-refractivity contribution in [3.63, 3.8) is 0 Å². The lowest BCUT2D eigenvalue weighted by Gasteiger charge is -2.15. The maximum Gasteiger partial charge on any atom is 0.264 e. The molecule has 0 aliphatic rings. The fourth-order valence-corrected chi connectivity index (χ4v) is 2.64. The molecule has 0 fully saturated rings. The summed E-state index contributed by atoms with van der Waals surface area (Å²) in [5.41, 5.74) is 2.17. The number of para-hydroxylation sites is 1. The van der Waals surface area contributed by atoms with Crippen molar-refractivity contribution in [3.8, 4) is 5.69 Å². The van der Waals surface area contributed by atoms with Gasteiger partial charge < -0.3 is 0 Å². The number of aromatic nitrogens is 2. The summed E-state index contributed by atoms with van der Waals surface area (Å²) in [5, 5.41) is 0.456. The molecule has 4 nitrogen and oxygen atoms in total. The Kier molecular flexibility index (Phi) is 3.14. The second kappa shape index (κ2) is 4.98. The molecular weight excluding hydrogens is 264 g/mol. The molecule has 0 bridgehead atoms. The predicted molar refractivity (Wildman–Crippen MR) is 82.1 cm³/mol. The summed E-state index contributed by atoms with van der Waals surface area (Å²) in [7, 11) is 0. The Hall–Kier alpha value is -2.75. The van der Waals surface area contributed by atoms with Crippen LogP contribution in [-0.2, 0) is 0 Å². The maximum absolute atomic E-state index is 12.7. The van der Waals surface area contributed by atoms with Crippen molar-refractivity contribution in [3.05, 3.63) is 70.3 Å². The molecule has 21 heavy (non-hydrogen) atoms. The number of fused-ring (bicyclic) bond motifs is 1. The van der Waals surface area contributed by atoms with Gasteiger partial charge in [-0.1, -0.05) is 18.2 Å². The Morgan fingerprint density at radius 3 is 2.48 bits per heavy atom. The summed E-state index contributed by atoms with van der Waals surface area (Å²) >= 11 is 0. The van der Waals surface area contributed by atoms with E-state index in [4.69, 9.17) is 0 Å². The van der Waals surface area contributed by atoms with E-state index in [9.17, 15) is 9.59 Å². The molecule has 0 atom stereocenters. The highest BCUT2D eigenvalue weighted by Gasteiger charge is 2.18. The van der Waals surface area contributed by atoms with E-state index < -0.39 is 0 Å². The van der Waals surface area contributed by atoms with Gasteiger partial charge in [0.05, 0.1) is 16.5 Å². The van der Waals surface area contributed by atoms with Gasteiger partial charge in [0.15, 0.2) is 5.78 Å². The standard InChI is InChI=1S/C17H14N2O2/c1-11-15(12(2)20)16-14(9-6-10-18-16)17(21)19(11)13-7-4-3-5-8-13/h3-10H,1-2H3. The molecule has 2 aromatic heterocycles. The summed E-state index contributed by atoms with van der Waals surface area (Å²) in [4.78, 5) is 29.0. The minimum atomic E-state index is -0.160. The average molecular weight is 278 g/mol. The first-order valence-electron chi connectivity index (χ1n) is 6.68. The summed E-state index contributed by atoms with van der Waals surface area (Å²) in [5.74, 6) is -0.0964. The number of carbonyl (C=O) groups excluding carboxylic acids is 1. The van der Waals surface area contributed by atoms with E-state index in [1.54, 1.807) is 29.8 Å². The molecule has 0 N–H and O–H groups in total. The fraction of sp³-hybridized carbons (Fsp3) is 0.118. The summed E-state index contributed by atoms with van der Waals surface area (Å²) in [6.07, 6.45) is 1.60. The van der Waals surface area contributed by atoms with Gasteiger partial charge in [0.1, 0.15) is 0 Å². The monoisotopic (exact) mass is 278 g/mol. The van der Waals surface area contributed by atoms with Crippen LogP contribution in [0.15, 0.2) is 53.5 Å². The van der Waals surface area contributed by atoms with Crippen LogP contribution in [0.2, 0.25) is 0 Å². The van der Waals surface area contributed by atoms with Crippen LogP contribution in [0.1, 0.15) is 23.0 Å². The zero-order valence-corrected chi connectivity index (χ0v) is 11.8. The third-order valence-corrected chi connectivity index (χ3v) is 3.54. The zero-order chi connectivity index (χ0) is 15.0. The molecule has 3 aromatic rings. The number of hydrogen-bond acceptors (Lipinski definition) is 3. The van der Waals surface area contributed by atoms with Crippen LogP contribution >= 0.6 is 0 Å². The third-order valence-electron chi connectivity index (χ3n) is 3.54. The van der Waals surface area contributed by atoms with Crippen LogP contribution in [0.3, 0.4) is 0 Å². The first-order chi connectivity index (χ1) is 10.1. The first-order valence-corrected chi connectivity index (χ1v) is 6.68. The Labute approximate surface area is 121 Å². The zero-order valence-electron chi connectivity index (χ0n) is 11.8. The van der Waals surface area contributed by atoms with Gasteiger partial charge in [-0.25, -0.2) is 0 Å². The quantitative estimate of drug-likeness (QED) is 0.677. The van der Waals surface area contributed by atoms with Crippen molar-refractivity contribution in [1.82, 2.24) is 9.55 Å². The van der Waals surface area contributed by atoms with Crippen LogP contribution in [0.4, 0.5) is 0 Å². The highest BCUT2D eigenvalue weighted by Crippen LogP contribution is 2.20.